The van der Waals surface area contributed by atoms with Crippen LogP contribution in [0.4, 0.5) is 0 Å². The lowest BCUT2D eigenvalue weighted by Crippen LogP contribution is -2.24. The zero-order chi connectivity index (χ0) is 14.9. The third kappa shape index (κ3) is 3.09. The average molecular weight is 389 g/mol. The molecule has 1 aromatic heterocycles. The Morgan fingerprint density at radius 3 is 2.52 bits per heavy atom. The lowest BCUT2D eigenvalue weighted by atomic mass is 9.88. The quantitative estimate of drug-likeness (QED) is 0.678. The Labute approximate surface area is 138 Å². The van der Waals surface area contributed by atoms with Gasteiger partial charge in [0.2, 0.25) is 0 Å². The van der Waals surface area contributed by atoms with Crippen LogP contribution in [0.2, 0.25) is 0 Å². The molecule has 0 saturated heterocycles. The van der Waals surface area contributed by atoms with E-state index in [1.807, 2.05) is 61.7 Å². The van der Waals surface area contributed by atoms with E-state index in [0.29, 0.717) is 6.42 Å². The molecule has 0 saturated carbocycles. The largest absolute Gasteiger partial charge is 0.385 e. The number of aliphatic hydroxyl groups is 1. The van der Waals surface area contributed by atoms with Gasteiger partial charge in [0.25, 0.3) is 0 Å². The zero-order valence-electron chi connectivity index (χ0n) is 11.8. The molecule has 0 amide bonds. The molecule has 21 heavy (non-hydrogen) atoms. The maximum Gasteiger partial charge on any atom is 0.0908 e. The van der Waals surface area contributed by atoms with Crippen LogP contribution in [0.3, 0.4) is 0 Å². The molecule has 0 fully saturated rings. The fourth-order valence-electron chi connectivity index (χ4n) is 2.59. The van der Waals surface area contributed by atoms with Gasteiger partial charge in [0.15, 0.2) is 0 Å². The van der Waals surface area contributed by atoms with Gasteiger partial charge in [-0.15, -0.1) is 0 Å². The van der Waals surface area contributed by atoms with Crippen molar-refractivity contribution < 1.29 is 5.11 Å². The molecule has 1 heterocycles. The highest BCUT2D eigenvalue weighted by Crippen LogP contribution is 2.28. The van der Waals surface area contributed by atoms with Crippen LogP contribution in [0.1, 0.15) is 18.1 Å². The second-order valence-corrected chi connectivity index (χ2v) is 6.69. The molecule has 1 N–H and O–H groups in total. The van der Waals surface area contributed by atoms with E-state index in [-0.39, 0.29) is 0 Å². The Hall–Kier alpha value is -1.46. The fourth-order valence-corrected chi connectivity index (χ4v) is 2.95. The second kappa shape index (κ2) is 5.73. The van der Waals surface area contributed by atoms with E-state index < -0.39 is 5.60 Å². The number of hydrogen-bond acceptors (Lipinski definition) is 2. The Kier molecular flexibility index (Phi) is 3.95. The van der Waals surface area contributed by atoms with Crippen molar-refractivity contribution in [3.05, 3.63) is 75.5 Å². The fraction of sp³-hybridized carbons (Fsp3) is 0.167. The molecule has 0 aliphatic rings. The first-order chi connectivity index (χ1) is 10.1. The monoisotopic (exact) mass is 389 g/mol. The molecule has 2 aromatic carbocycles. The van der Waals surface area contributed by atoms with Gasteiger partial charge in [0.05, 0.1) is 11.1 Å². The van der Waals surface area contributed by atoms with Crippen LogP contribution < -0.4 is 0 Å². The van der Waals surface area contributed by atoms with E-state index >= 15 is 0 Å². The zero-order valence-corrected chi connectivity index (χ0v) is 13.9. The van der Waals surface area contributed by atoms with Crippen molar-refractivity contribution in [2.75, 3.05) is 0 Å². The normalized spacial score (nSPS) is 14.0. The summed E-state index contributed by atoms with van der Waals surface area (Å²) in [7, 11) is 0. The number of fused-ring (bicyclic) bond motifs is 1. The third-order valence-corrected chi connectivity index (χ3v) is 4.46. The number of nitrogens with zero attached hydrogens (tertiary/aromatic N) is 1. The van der Waals surface area contributed by atoms with Gasteiger partial charge in [0.1, 0.15) is 0 Å². The molecule has 0 aliphatic carbocycles. The summed E-state index contributed by atoms with van der Waals surface area (Å²) in [5.74, 6) is 0. The maximum absolute atomic E-state index is 10.9. The van der Waals surface area contributed by atoms with Crippen molar-refractivity contribution in [3.63, 3.8) is 0 Å². The van der Waals surface area contributed by atoms with Gasteiger partial charge < -0.3 is 5.11 Å². The highest BCUT2D eigenvalue weighted by molar-refractivity contribution is 14.1. The van der Waals surface area contributed by atoms with E-state index in [2.05, 4.69) is 33.6 Å². The number of para-hydroxylation sites is 1. The summed E-state index contributed by atoms with van der Waals surface area (Å²) in [6.45, 7) is 1.87. The summed E-state index contributed by atoms with van der Waals surface area (Å²) in [4.78, 5) is 4.37. The van der Waals surface area contributed by atoms with E-state index in [9.17, 15) is 5.11 Å². The molecule has 1 unspecified atom stereocenters. The van der Waals surface area contributed by atoms with Crippen LogP contribution >= 0.6 is 22.6 Å². The molecule has 2 nitrogen and oxygen atoms in total. The second-order valence-electron chi connectivity index (χ2n) is 5.44. The molecule has 0 radical (unpaired) electrons. The number of hydrogen-bond donors (Lipinski definition) is 1. The molecule has 3 aromatic rings. The number of rotatable bonds is 3. The predicted molar refractivity (Wildman–Crippen MR) is 94.2 cm³/mol. The molecule has 3 rings (SSSR count). The van der Waals surface area contributed by atoms with Crippen molar-refractivity contribution in [3.8, 4) is 0 Å². The van der Waals surface area contributed by atoms with Gasteiger partial charge >= 0.3 is 0 Å². The lowest BCUT2D eigenvalue weighted by Gasteiger charge is -2.24. The molecule has 1 atom stereocenters. The number of halogens is 1. The van der Waals surface area contributed by atoms with Crippen LogP contribution in [0.25, 0.3) is 10.9 Å². The first-order valence-electron chi connectivity index (χ1n) is 6.87. The van der Waals surface area contributed by atoms with Crippen molar-refractivity contribution >= 4 is 33.5 Å². The SMILES string of the molecule is CC(O)(Cc1ccnc2ccccc12)c1ccc(I)cc1. The molecular formula is C18H16INO. The summed E-state index contributed by atoms with van der Waals surface area (Å²) >= 11 is 2.27. The Morgan fingerprint density at radius 2 is 1.76 bits per heavy atom. The van der Waals surface area contributed by atoms with Crippen LogP contribution in [0.5, 0.6) is 0 Å². The van der Waals surface area contributed by atoms with E-state index in [0.717, 1.165) is 22.0 Å². The van der Waals surface area contributed by atoms with Crippen LogP contribution in [0, 0.1) is 3.57 Å². The first-order valence-corrected chi connectivity index (χ1v) is 7.95. The summed E-state index contributed by atoms with van der Waals surface area (Å²) in [5, 5.41) is 12.0. The van der Waals surface area contributed by atoms with Gasteiger partial charge in [-0.05, 0) is 64.9 Å². The highest BCUT2D eigenvalue weighted by Gasteiger charge is 2.24. The molecule has 3 heteroatoms. The smallest absolute Gasteiger partial charge is 0.0908 e. The van der Waals surface area contributed by atoms with Gasteiger partial charge in [-0.2, -0.15) is 0 Å². The molecular weight excluding hydrogens is 373 g/mol. The minimum atomic E-state index is -0.894. The highest BCUT2D eigenvalue weighted by atomic mass is 127. The van der Waals surface area contributed by atoms with E-state index in [4.69, 9.17) is 0 Å². The Bertz CT molecular complexity index is 760. The Balaban J connectivity index is 1.99. The van der Waals surface area contributed by atoms with Crippen molar-refractivity contribution in [2.24, 2.45) is 0 Å². The topological polar surface area (TPSA) is 33.1 Å². The summed E-state index contributed by atoms with van der Waals surface area (Å²) in [6, 6.07) is 18.1. The van der Waals surface area contributed by atoms with Crippen molar-refractivity contribution in [2.45, 2.75) is 18.9 Å². The predicted octanol–water partition coefficient (Wildman–Crippen LogP) is 4.29. The third-order valence-electron chi connectivity index (χ3n) is 3.74. The Morgan fingerprint density at radius 1 is 1.05 bits per heavy atom. The van der Waals surface area contributed by atoms with Crippen molar-refractivity contribution in [1.82, 2.24) is 4.98 Å². The number of benzene rings is 2. The minimum absolute atomic E-state index is 0.566. The molecule has 106 valence electrons. The molecule has 0 aliphatic heterocycles. The van der Waals surface area contributed by atoms with Crippen molar-refractivity contribution in [1.29, 1.82) is 0 Å². The standard InChI is InChI=1S/C18H16INO/c1-18(21,14-6-8-15(19)9-7-14)12-13-10-11-20-17-5-3-2-4-16(13)17/h2-11,21H,12H2,1H3. The first kappa shape index (κ1) is 14.5. The number of aromatic nitrogens is 1. The van der Waals surface area contributed by atoms with Gasteiger partial charge in [-0.25, -0.2) is 0 Å². The van der Waals surface area contributed by atoms with Crippen LogP contribution in [-0.4, -0.2) is 10.1 Å². The van der Waals surface area contributed by atoms with Gasteiger partial charge in [0, 0.05) is 21.6 Å². The minimum Gasteiger partial charge on any atom is -0.385 e. The summed E-state index contributed by atoms with van der Waals surface area (Å²) < 4.78 is 1.17. The van der Waals surface area contributed by atoms with E-state index in [1.165, 1.54) is 3.57 Å². The summed E-state index contributed by atoms with van der Waals surface area (Å²) in [6.07, 6.45) is 2.37. The maximum atomic E-state index is 10.9. The molecule has 0 bridgehead atoms. The average Bonchev–Trinajstić information content (AvgIpc) is 2.48. The van der Waals surface area contributed by atoms with Crippen LogP contribution in [0.15, 0.2) is 60.8 Å². The lowest BCUT2D eigenvalue weighted by molar-refractivity contribution is 0.0579. The molecule has 0 spiro atoms. The van der Waals surface area contributed by atoms with Gasteiger partial charge in [-0.3, -0.25) is 4.98 Å². The number of pyridine rings is 1. The summed E-state index contributed by atoms with van der Waals surface area (Å²) in [5.41, 5.74) is 2.12. The van der Waals surface area contributed by atoms with Gasteiger partial charge in [-0.1, -0.05) is 30.3 Å². The van der Waals surface area contributed by atoms with E-state index in [1.54, 1.807) is 0 Å². The van der Waals surface area contributed by atoms with Crippen LogP contribution in [-0.2, 0) is 12.0 Å².